The highest BCUT2D eigenvalue weighted by atomic mass is 19.4. The molecular formula is C22H19F6N3O2. The van der Waals surface area contributed by atoms with Crippen LogP contribution in [-0.4, -0.2) is 40.2 Å². The van der Waals surface area contributed by atoms with E-state index in [2.05, 4.69) is 15.0 Å². The van der Waals surface area contributed by atoms with Gasteiger partial charge in [-0.05, 0) is 25.3 Å². The topological polar surface area (TPSA) is 67.6 Å². The van der Waals surface area contributed by atoms with Gasteiger partial charge in [-0.15, -0.1) is 0 Å². The maximum Gasteiger partial charge on any atom is 0.422 e. The van der Waals surface area contributed by atoms with Gasteiger partial charge in [0.1, 0.15) is 11.3 Å². The van der Waals surface area contributed by atoms with Gasteiger partial charge in [0.15, 0.2) is 28.8 Å². The van der Waals surface area contributed by atoms with Crippen molar-refractivity contribution in [2.24, 2.45) is 4.99 Å². The maximum absolute atomic E-state index is 14.1. The number of aliphatic imine (C=N–C) groups is 1. The van der Waals surface area contributed by atoms with E-state index in [1.807, 2.05) is 0 Å². The van der Waals surface area contributed by atoms with Gasteiger partial charge < -0.3 is 9.84 Å². The summed E-state index contributed by atoms with van der Waals surface area (Å²) in [6, 6.07) is 4.36. The Hall–Kier alpha value is -3.21. The molecule has 0 spiro atoms. The molecule has 11 heteroatoms. The highest BCUT2D eigenvalue weighted by molar-refractivity contribution is 5.92. The molecule has 0 aliphatic heterocycles. The van der Waals surface area contributed by atoms with Crippen molar-refractivity contribution in [1.29, 1.82) is 0 Å². The van der Waals surface area contributed by atoms with Crippen LogP contribution in [-0.2, 0) is 0 Å². The van der Waals surface area contributed by atoms with Crippen molar-refractivity contribution in [2.75, 3.05) is 7.11 Å². The van der Waals surface area contributed by atoms with E-state index in [0.717, 1.165) is 12.3 Å². The summed E-state index contributed by atoms with van der Waals surface area (Å²) >= 11 is 0. The molecule has 3 rings (SSSR count). The number of aryl methyl sites for hydroxylation is 1. The van der Waals surface area contributed by atoms with Crippen LogP contribution in [0.4, 0.5) is 32.0 Å². The largest absolute Gasteiger partial charge is 0.493 e. The van der Waals surface area contributed by atoms with Gasteiger partial charge in [0.25, 0.3) is 0 Å². The lowest BCUT2D eigenvalue weighted by Crippen LogP contribution is -2.47. The molecule has 33 heavy (non-hydrogen) atoms. The van der Waals surface area contributed by atoms with E-state index in [1.165, 1.54) is 33.1 Å². The van der Waals surface area contributed by atoms with Crippen molar-refractivity contribution in [3.05, 3.63) is 59.3 Å². The first-order chi connectivity index (χ1) is 15.4. The standard InChI is InChI=1S/C22H19F6N3O2/c1-11(13-5-4-6-15(23)20(13)33-3)8-21(32,22(26,27)28)10-30-17-7-16(24)18(25)19-14(17)9-29-12(2)31-19/h4-7,9-11,32H,8H2,1-3H3/t11-,21-/m1/s1. The summed E-state index contributed by atoms with van der Waals surface area (Å²) in [7, 11) is 1.17. The van der Waals surface area contributed by atoms with E-state index in [0.29, 0.717) is 6.07 Å². The molecule has 0 bridgehead atoms. The average Bonchev–Trinajstić information content (AvgIpc) is 2.74. The quantitative estimate of drug-likeness (QED) is 0.378. The number of aromatic nitrogens is 2. The third-order valence-corrected chi connectivity index (χ3v) is 5.12. The van der Waals surface area contributed by atoms with Crippen molar-refractivity contribution in [2.45, 2.75) is 38.0 Å². The fourth-order valence-corrected chi connectivity index (χ4v) is 3.43. The van der Waals surface area contributed by atoms with Crippen molar-refractivity contribution in [3.63, 3.8) is 0 Å². The van der Waals surface area contributed by atoms with Crippen LogP contribution >= 0.6 is 0 Å². The summed E-state index contributed by atoms with van der Waals surface area (Å²) in [6.45, 7) is 2.78. The average molecular weight is 471 g/mol. The Bertz CT molecular complexity index is 1210. The first-order valence-electron chi connectivity index (χ1n) is 9.66. The number of rotatable bonds is 6. The summed E-state index contributed by atoms with van der Waals surface area (Å²) in [5.74, 6) is -4.60. The van der Waals surface area contributed by atoms with Gasteiger partial charge in [-0.3, -0.25) is 4.99 Å². The van der Waals surface area contributed by atoms with E-state index < -0.39 is 52.8 Å². The predicted molar refractivity (Wildman–Crippen MR) is 109 cm³/mol. The lowest BCUT2D eigenvalue weighted by atomic mass is 9.86. The summed E-state index contributed by atoms with van der Waals surface area (Å²) in [5.41, 5.74) is -4.23. The molecule has 0 saturated carbocycles. The van der Waals surface area contributed by atoms with Crippen LogP contribution in [0.1, 0.15) is 30.7 Å². The lowest BCUT2D eigenvalue weighted by molar-refractivity contribution is -0.231. The number of ether oxygens (including phenoxy) is 1. The zero-order valence-corrected chi connectivity index (χ0v) is 17.7. The second-order valence-electron chi connectivity index (χ2n) is 7.52. The molecule has 1 N–H and O–H groups in total. The number of hydrogen-bond donors (Lipinski definition) is 1. The fourth-order valence-electron chi connectivity index (χ4n) is 3.43. The van der Waals surface area contributed by atoms with E-state index in [4.69, 9.17) is 4.74 Å². The van der Waals surface area contributed by atoms with Crippen LogP contribution in [0.15, 0.2) is 35.5 Å². The molecule has 0 unspecified atom stereocenters. The van der Waals surface area contributed by atoms with Crippen LogP contribution in [0.25, 0.3) is 10.9 Å². The Morgan fingerprint density at radius 3 is 2.52 bits per heavy atom. The molecule has 176 valence electrons. The van der Waals surface area contributed by atoms with Gasteiger partial charge >= 0.3 is 6.18 Å². The molecule has 3 aromatic rings. The van der Waals surface area contributed by atoms with E-state index in [9.17, 15) is 31.4 Å². The Labute approximate surface area is 184 Å². The highest BCUT2D eigenvalue weighted by Crippen LogP contribution is 2.40. The first-order valence-corrected chi connectivity index (χ1v) is 9.66. The number of halogens is 6. The van der Waals surface area contributed by atoms with Gasteiger partial charge in [-0.2, -0.15) is 13.2 Å². The predicted octanol–water partition coefficient (Wildman–Crippen LogP) is 5.55. The van der Waals surface area contributed by atoms with Crippen molar-refractivity contribution in [3.8, 4) is 5.75 Å². The number of alkyl halides is 3. The van der Waals surface area contributed by atoms with Gasteiger partial charge in [0, 0.05) is 29.4 Å². The zero-order valence-electron chi connectivity index (χ0n) is 17.7. The molecular weight excluding hydrogens is 452 g/mol. The van der Waals surface area contributed by atoms with Crippen LogP contribution in [0.2, 0.25) is 0 Å². The van der Waals surface area contributed by atoms with Gasteiger partial charge in [0.05, 0.1) is 12.8 Å². The van der Waals surface area contributed by atoms with Gasteiger partial charge in [-0.1, -0.05) is 19.1 Å². The second-order valence-corrected chi connectivity index (χ2v) is 7.52. The number of fused-ring (bicyclic) bond motifs is 1. The molecule has 0 amide bonds. The molecule has 0 radical (unpaired) electrons. The number of hydrogen-bond acceptors (Lipinski definition) is 5. The van der Waals surface area contributed by atoms with Crippen molar-refractivity contribution < 1.29 is 36.2 Å². The highest BCUT2D eigenvalue weighted by Gasteiger charge is 2.53. The Kier molecular flexibility index (Phi) is 6.64. The molecule has 5 nitrogen and oxygen atoms in total. The number of aliphatic hydroxyl groups is 1. The number of methoxy groups -OCH3 is 1. The number of benzene rings is 2. The van der Waals surface area contributed by atoms with E-state index in [1.54, 1.807) is 0 Å². The minimum Gasteiger partial charge on any atom is -0.493 e. The van der Waals surface area contributed by atoms with Crippen LogP contribution < -0.4 is 4.74 Å². The maximum atomic E-state index is 14.1. The monoisotopic (exact) mass is 471 g/mol. The minimum absolute atomic E-state index is 0.107. The Morgan fingerprint density at radius 1 is 1.18 bits per heavy atom. The first kappa shape index (κ1) is 24.4. The Balaban J connectivity index is 2.05. The molecule has 0 fully saturated rings. The van der Waals surface area contributed by atoms with E-state index in [-0.39, 0.29) is 28.7 Å². The molecule has 0 saturated heterocycles. The third-order valence-electron chi connectivity index (χ3n) is 5.12. The molecule has 0 aliphatic carbocycles. The summed E-state index contributed by atoms with van der Waals surface area (Å²) in [4.78, 5) is 11.2. The van der Waals surface area contributed by atoms with E-state index >= 15 is 0 Å². The SMILES string of the molecule is COc1c(F)cccc1[C@H](C)C[C@@](O)(C=Nc1cc(F)c(F)c2nc(C)ncc12)C(F)(F)F. The number of nitrogens with zero attached hydrogens (tertiary/aromatic N) is 3. The van der Waals surface area contributed by atoms with Crippen molar-refractivity contribution >= 4 is 22.8 Å². The fraction of sp³-hybridized carbons (Fsp3) is 0.318. The van der Waals surface area contributed by atoms with Gasteiger partial charge in [0.2, 0.25) is 0 Å². The van der Waals surface area contributed by atoms with Crippen molar-refractivity contribution in [1.82, 2.24) is 9.97 Å². The third kappa shape index (κ3) is 4.77. The van der Waals surface area contributed by atoms with Crippen LogP contribution in [0.5, 0.6) is 5.75 Å². The Morgan fingerprint density at radius 2 is 1.88 bits per heavy atom. The summed E-state index contributed by atoms with van der Waals surface area (Å²) in [5, 5.41) is 10.4. The lowest BCUT2D eigenvalue weighted by Gasteiger charge is -2.30. The summed E-state index contributed by atoms with van der Waals surface area (Å²) in [6.07, 6.45) is -4.83. The molecule has 0 aliphatic rings. The summed E-state index contributed by atoms with van der Waals surface area (Å²) < 4.78 is 88.6. The van der Waals surface area contributed by atoms with Crippen LogP contribution in [0, 0.1) is 24.4 Å². The van der Waals surface area contributed by atoms with Gasteiger partial charge in [-0.25, -0.2) is 23.1 Å². The normalized spacial score (nSPS) is 15.1. The smallest absolute Gasteiger partial charge is 0.422 e. The second kappa shape index (κ2) is 8.97. The molecule has 2 aromatic carbocycles. The molecule has 1 aromatic heterocycles. The minimum atomic E-state index is -5.19. The van der Waals surface area contributed by atoms with Crippen LogP contribution in [0.3, 0.4) is 0 Å². The zero-order chi connectivity index (χ0) is 24.6. The number of para-hydroxylation sites is 1. The molecule has 1 heterocycles. The molecule has 2 atom stereocenters.